The molecule has 2 N–H and O–H groups in total. The fraction of sp³-hybridized carbons (Fsp3) is 0.348. The van der Waals surface area contributed by atoms with Gasteiger partial charge in [0.05, 0.1) is 6.04 Å². The lowest BCUT2D eigenvalue weighted by Crippen LogP contribution is -2.28. The van der Waals surface area contributed by atoms with Crippen molar-refractivity contribution in [2.75, 3.05) is 16.8 Å². The van der Waals surface area contributed by atoms with E-state index in [0.29, 0.717) is 18.5 Å². The number of rotatable bonds is 6. The summed E-state index contributed by atoms with van der Waals surface area (Å²) in [7, 11) is 0. The second-order valence-corrected chi connectivity index (χ2v) is 7.78. The molecule has 1 unspecified atom stereocenters. The van der Waals surface area contributed by atoms with E-state index >= 15 is 0 Å². The van der Waals surface area contributed by atoms with Gasteiger partial charge in [0.25, 0.3) is 5.91 Å². The van der Waals surface area contributed by atoms with Crippen LogP contribution in [0.3, 0.4) is 0 Å². The summed E-state index contributed by atoms with van der Waals surface area (Å²) in [6.45, 7) is 2.62. The second-order valence-electron chi connectivity index (χ2n) is 7.78. The summed E-state index contributed by atoms with van der Waals surface area (Å²) in [6.07, 6.45) is 3.36. The van der Waals surface area contributed by atoms with Crippen LogP contribution in [-0.4, -0.2) is 24.3 Å². The zero-order chi connectivity index (χ0) is 20.4. The molecule has 3 amide bonds. The molecule has 1 aliphatic heterocycles. The van der Waals surface area contributed by atoms with Crippen molar-refractivity contribution in [2.45, 2.75) is 38.6 Å². The Hall–Kier alpha value is -3.15. The van der Waals surface area contributed by atoms with Gasteiger partial charge in [-0.05, 0) is 62.1 Å². The molecule has 150 valence electrons. The molecule has 29 heavy (non-hydrogen) atoms. The fourth-order valence-electron chi connectivity index (χ4n) is 3.54. The molecule has 2 fully saturated rings. The summed E-state index contributed by atoms with van der Waals surface area (Å²) < 4.78 is 0. The molecular weight excluding hydrogens is 366 g/mol. The standard InChI is InChI=1S/C23H25N3O3/c1-15(16-9-11-19(12-10-16)25-22(28)17-7-8-17)24-23(29)18-4-2-5-20(14-18)26-13-3-6-21(26)27/h2,4-5,9-12,14-15,17H,3,6-8,13H2,1H3,(H,24,29)(H,25,28). The summed E-state index contributed by atoms with van der Waals surface area (Å²) in [4.78, 5) is 38.2. The number of nitrogens with one attached hydrogen (secondary N) is 2. The minimum absolute atomic E-state index is 0.0791. The summed E-state index contributed by atoms with van der Waals surface area (Å²) in [5.41, 5.74) is 3.02. The quantitative estimate of drug-likeness (QED) is 0.789. The Balaban J connectivity index is 1.39. The van der Waals surface area contributed by atoms with Crippen molar-refractivity contribution < 1.29 is 14.4 Å². The second kappa shape index (κ2) is 8.07. The van der Waals surface area contributed by atoms with Crippen molar-refractivity contribution in [1.82, 2.24) is 5.32 Å². The first kappa shape index (κ1) is 19.2. The average Bonchev–Trinajstić information content (AvgIpc) is 3.49. The summed E-state index contributed by atoms with van der Waals surface area (Å²) >= 11 is 0. The molecule has 0 bridgehead atoms. The number of hydrogen-bond acceptors (Lipinski definition) is 3. The molecule has 2 aromatic carbocycles. The van der Waals surface area contributed by atoms with Gasteiger partial charge in [-0.25, -0.2) is 0 Å². The van der Waals surface area contributed by atoms with Gasteiger partial charge in [0, 0.05) is 35.8 Å². The Morgan fingerprint density at radius 1 is 1.10 bits per heavy atom. The summed E-state index contributed by atoms with van der Waals surface area (Å²) in [5.74, 6) is 0.164. The van der Waals surface area contributed by atoms with E-state index in [0.717, 1.165) is 36.2 Å². The van der Waals surface area contributed by atoms with Gasteiger partial charge in [-0.2, -0.15) is 0 Å². The number of carbonyl (C=O) groups excluding carboxylic acids is 3. The van der Waals surface area contributed by atoms with Crippen LogP contribution >= 0.6 is 0 Å². The molecule has 1 saturated heterocycles. The van der Waals surface area contributed by atoms with Gasteiger partial charge in [0.1, 0.15) is 0 Å². The Morgan fingerprint density at radius 3 is 2.52 bits per heavy atom. The molecule has 6 nitrogen and oxygen atoms in total. The molecular formula is C23H25N3O3. The molecule has 1 heterocycles. The largest absolute Gasteiger partial charge is 0.346 e. The molecule has 1 atom stereocenters. The maximum absolute atomic E-state index is 12.7. The smallest absolute Gasteiger partial charge is 0.251 e. The van der Waals surface area contributed by atoms with E-state index in [1.807, 2.05) is 37.3 Å². The van der Waals surface area contributed by atoms with E-state index in [1.54, 1.807) is 23.1 Å². The number of anilines is 2. The van der Waals surface area contributed by atoms with Crippen molar-refractivity contribution in [3.63, 3.8) is 0 Å². The minimum Gasteiger partial charge on any atom is -0.346 e. The van der Waals surface area contributed by atoms with Crippen molar-refractivity contribution in [3.8, 4) is 0 Å². The van der Waals surface area contributed by atoms with Crippen LogP contribution in [0, 0.1) is 5.92 Å². The molecule has 4 rings (SSSR count). The first-order valence-electron chi connectivity index (χ1n) is 10.1. The number of benzene rings is 2. The number of carbonyl (C=O) groups is 3. The van der Waals surface area contributed by atoms with Gasteiger partial charge in [-0.1, -0.05) is 18.2 Å². The Bertz CT molecular complexity index is 935. The Kier molecular flexibility index (Phi) is 5.34. The van der Waals surface area contributed by atoms with E-state index in [2.05, 4.69) is 10.6 Å². The summed E-state index contributed by atoms with van der Waals surface area (Å²) in [6, 6.07) is 14.5. The van der Waals surface area contributed by atoms with Gasteiger partial charge >= 0.3 is 0 Å². The summed E-state index contributed by atoms with van der Waals surface area (Å²) in [5, 5.41) is 5.91. The highest BCUT2D eigenvalue weighted by atomic mass is 16.2. The van der Waals surface area contributed by atoms with E-state index in [4.69, 9.17) is 0 Å². The van der Waals surface area contributed by atoms with Gasteiger partial charge in [-0.3, -0.25) is 14.4 Å². The Labute approximate surface area is 170 Å². The zero-order valence-electron chi connectivity index (χ0n) is 16.5. The fourth-order valence-corrected chi connectivity index (χ4v) is 3.54. The third kappa shape index (κ3) is 4.47. The van der Waals surface area contributed by atoms with Crippen molar-refractivity contribution in [1.29, 1.82) is 0 Å². The molecule has 2 aliphatic rings. The Morgan fingerprint density at radius 2 is 1.86 bits per heavy atom. The lowest BCUT2D eigenvalue weighted by atomic mass is 10.1. The van der Waals surface area contributed by atoms with Crippen molar-refractivity contribution in [3.05, 3.63) is 59.7 Å². The SMILES string of the molecule is CC(NC(=O)c1cccc(N2CCCC2=O)c1)c1ccc(NC(=O)C2CC2)cc1. The normalized spacial score (nSPS) is 17.1. The van der Waals surface area contributed by atoms with Crippen LogP contribution in [0.1, 0.15) is 54.6 Å². The third-order valence-corrected chi connectivity index (χ3v) is 5.47. The van der Waals surface area contributed by atoms with Crippen LogP contribution < -0.4 is 15.5 Å². The van der Waals surface area contributed by atoms with Crippen molar-refractivity contribution in [2.24, 2.45) is 5.92 Å². The predicted molar refractivity (Wildman–Crippen MR) is 112 cm³/mol. The molecule has 0 spiro atoms. The maximum atomic E-state index is 12.7. The predicted octanol–water partition coefficient (Wildman–Crippen LogP) is 3.65. The molecule has 0 radical (unpaired) electrons. The van der Waals surface area contributed by atoms with Crippen LogP contribution in [0.4, 0.5) is 11.4 Å². The molecule has 0 aromatic heterocycles. The highest BCUT2D eigenvalue weighted by molar-refractivity contribution is 5.99. The minimum atomic E-state index is -0.187. The monoisotopic (exact) mass is 391 g/mol. The van der Waals surface area contributed by atoms with Crippen LogP contribution in [-0.2, 0) is 9.59 Å². The topological polar surface area (TPSA) is 78.5 Å². The average molecular weight is 391 g/mol. The van der Waals surface area contributed by atoms with Crippen LogP contribution in [0.15, 0.2) is 48.5 Å². The molecule has 2 aromatic rings. The first-order chi connectivity index (χ1) is 14.0. The first-order valence-corrected chi connectivity index (χ1v) is 10.1. The van der Waals surface area contributed by atoms with Crippen LogP contribution in [0.5, 0.6) is 0 Å². The van der Waals surface area contributed by atoms with E-state index in [9.17, 15) is 14.4 Å². The third-order valence-electron chi connectivity index (χ3n) is 5.47. The van der Waals surface area contributed by atoms with Crippen LogP contribution in [0.2, 0.25) is 0 Å². The lowest BCUT2D eigenvalue weighted by Gasteiger charge is -2.18. The van der Waals surface area contributed by atoms with Crippen molar-refractivity contribution >= 4 is 29.1 Å². The van der Waals surface area contributed by atoms with Gasteiger partial charge in [0.15, 0.2) is 0 Å². The maximum Gasteiger partial charge on any atom is 0.251 e. The number of amides is 3. The molecule has 1 saturated carbocycles. The number of hydrogen-bond donors (Lipinski definition) is 2. The molecule has 6 heteroatoms. The lowest BCUT2D eigenvalue weighted by molar-refractivity contribution is -0.118. The van der Waals surface area contributed by atoms with Gasteiger partial charge in [-0.15, -0.1) is 0 Å². The van der Waals surface area contributed by atoms with E-state index in [-0.39, 0.29) is 29.7 Å². The number of nitrogens with zero attached hydrogens (tertiary/aromatic N) is 1. The van der Waals surface area contributed by atoms with Crippen LogP contribution in [0.25, 0.3) is 0 Å². The van der Waals surface area contributed by atoms with Gasteiger partial charge < -0.3 is 15.5 Å². The van der Waals surface area contributed by atoms with E-state index in [1.165, 1.54) is 0 Å². The van der Waals surface area contributed by atoms with Gasteiger partial charge in [0.2, 0.25) is 11.8 Å². The van der Waals surface area contributed by atoms with E-state index < -0.39 is 0 Å². The molecule has 1 aliphatic carbocycles. The zero-order valence-corrected chi connectivity index (χ0v) is 16.5. The highest BCUT2D eigenvalue weighted by Crippen LogP contribution is 2.30. The highest BCUT2D eigenvalue weighted by Gasteiger charge is 2.29.